The van der Waals surface area contributed by atoms with Gasteiger partial charge in [-0.25, -0.2) is 13.2 Å². The summed E-state index contributed by atoms with van der Waals surface area (Å²) < 4.78 is 51.8. The van der Waals surface area contributed by atoms with Gasteiger partial charge in [0, 0.05) is 47.6 Å². The van der Waals surface area contributed by atoms with Crippen LogP contribution in [0.15, 0.2) is 72.5 Å². The highest BCUT2D eigenvalue weighted by atomic mass is 31.1. The van der Waals surface area contributed by atoms with Crippen molar-refractivity contribution in [3.63, 3.8) is 0 Å². The van der Waals surface area contributed by atoms with E-state index in [1.807, 2.05) is 13.0 Å². The molecule has 0 bridgehead atoms. The minimum Gasteiger partial charge on any atom is -0.454 e. The predicted octanol–water partition coefficient (Wildman–Crippen LogP) is 9.06. The number of aldehydes is 1. The van der Waals surface area contributed by atoms with Gasteiger partial charge >= 0.3 is 0 Å². The Hall–Kier alpha value is -3.90. The maximum Gasteiger partial charge on any atom is 0.168 e. The minimum absolute atomic E-state index is 0. The van der Waals surface area contributed by atoms with Crippen molar-refractivity contribution in [3.05, 3.63) is 107 Å². The van der Waals surface area contributed by atoms with E-state index < -0.39 is 19.6 Å². The molecule has 2 N–H and O–H groups in total. The number of rotatable bonds is 13. The van der Waals surface area contributed by atoms with Gasteiger partial charge in [-0.1, -0.05) is 39.1 Å². The van der Waals surface area contributed by atoms with Gasteiger partial charge in [-0.2, -0.15) is 0 Å². The number of ether oxygens (including phenoxy) is 1. The number of halogens is 3. The first-order valence-corrected chi connectivity index (χ1v) is 16.2. The molecule has 0 aliphatic carbocycles. The van der Waals surface area contributed by atoms with Gasteiger partial charge in [0.15, 0.2) is 11.6 Å². The Balaban J connectivity index is 0.00000506. The molecule has 43 heavy (non-hydrogen) atoms. The van der Waals surface area contributed by atoms with E-state index in [0.29, 0.717) is 35.6 Å². The molecule has 4 rings (SSSR count). The van der Waals surface area contributed by atoms with Gasteiger partial charge in [0.2, 0.25) is 0 Å². The Morgan fingerprint density at radius 1 is 1.14 bits per heavy atom. The standard InChI is InChI=1S/C33H35F3N3O2P.CH4/c1-5-21(24-11-7-9-22(31(24)36)10-8-16-40)19-39-33(37-6-2)26-17-23(12-13-28(26)34)41-32-27(20-42(3)4)25-14-15-38-30(25)18-29(32)35;/h6-7,9,11-18,21,38H,2,5,8,10,19-20H2,1,3-4H3,(H,37,39);1H4. The largest absolute Gasteiger partial charge is 0.454 e. The van der Waals surface area contributed by atoms with Crippen molar-refractivity contribution < 1.29 is 22.7 Å². The number of H-pyrrole nitrogens is 1. The Kier molecular flexibility index (Phi) is 12.1. The van der Waals surface area contributed by atoms with Crippen molar-refractivity contribution in [1.29, 1.82) is 0 Å². The quantitative estimate of drug-likeness (QED) is 0.0688. The minimum atomic E-state index is -0.557. The van der Waals surface area contributed by atoms with Crippen LogP contribution in [0.25, 0.3) is 10.9 Å². The monoisotopic (exact) mass is 609 g/mol. The molecule has 0 radical (unpaired) electrons. The molecule has 1 atom stereocenters. The molecule has 9 heteroatoms. The van der Waals surface area contributed by atoms with Crippen LogP contribution in [0.3, 0.4) is 0 Å². The molecule has 5 nitrogen and oxygen atoms in total. The molecular formula is C34H39F3N3O2P. The number of nitrogens with one attached hydrogen (secondary N) is 2. The molecule has 0 spiro atoms. The second-order valence-corrected chi connectivity index (χ2v) is 12.7. The summed E-state index contributed by atoms with van der Waals surface area (Å²) in [6, 6.07) is 12.6. The highest BCUT2D eigenvalue weighted by molar-refractivity contribution is 7.55. The molecule has 0 aliphatic rings. The second kappa shape index (κ2) is 15.5. The molecule has 0 saturated heterocycles. The fourth-order valence-electron chi connectivity index (χ4n) is 4.95. The van der Waals surface area contributed by atoms with Gasteiger partial charge in [-0.05, 0) is 73.9 Å². The smallest absolute Gasteiger partial charge is 0.168 e. The van der Waals surface area contributed by atoms with Crippen LogP contribution in [-0.4, -0.2) is 37.0 Å². The molecule has 0 saturated carbocycles. The Bertz CT molecular complexity index is 1600. The number of fused-ring (bicyclic) bond motifs is 1. The first-order chi connectivity index (χ1) is 20.3. The van der Waals surface area contributed by atoms with Gasteiger partial charge in [0.05, 0.1) is 5.56 Å². The molecule has 0 aliphatic heterocycles. The average molecular weight is 610 g/mol. The van der Waals surface area contributed by atoms with Crippen LogP contribution in [-0.2, 0) is 17.4 Å². The van der Waals surface area contributed by atoms with E-state index in [1.54, 1.807) is 24.4 Å². The first kappa shape index (κ1) is 33.6. The third kappa shape index (κ3) is 7.94. The summed E-state index contributed by atoms with van der Waals surface area (Å²) in [5.74, 6) is -1.15. The number of carbonyl (C=O) groups excluding carboxylic acids is 1. The summed E-state index contributed by atoms with van der Waals surface area (Å²) in [6.07, 6.45) is 5.72. The Morgan fingerprint density at radius 3 is 2.63 bits per heavy atom. The summed E-state index contributed by atoms with van der Waals surface area (Å²) in [5.41, 5.74) is 2.53. The Morgan fingerprint density at radius 2 is 1.93 bits per heavy atom. The highest BCUT2D eigenvalue weighted by Gasteiger charge is 2.20. The van der Waals surface area contributed by atoms with Gasteiger partial charge in [-0.3, -0.25) is 4.99 Å². The van der Waals surface area contributed by atoms with Crippen LogP contribution in [0.2, 0.25) is 0 Å². The number of aromatic amines is 1. The van der Waals surface area contributed by atoms with E-state index in [2.05, 4.69) is 35.2 Å². The molecule has 1 aromatic heterocycles. The summed E-state index contributed by atoms with van der Waals surface area (Å²) in [6.45, 7) is 10.0. The normalized spacial score (nSPS) is 12.2. The first-order valence-electron chi connectivity index (χ1n) is 13.8. The van der Waals surface area contributed by atoms with E-state index in [4.69, 9.17) is 4.74 Å². The van der Waals surface area contributed by atoms with E-state index in [0.717, 1.165) is 17.2 Å². The predicted molar refractivity (Wildman–Crippen MR) is 172 cm³/mol. The van der Waals surface area contributed by atoms with Crippen molar-refractivity contribution in [1.82, 2.24) is 10.3 Å². The fraction of sp³-hybridized carbons (Fsp3) is 0.294. The molecule has 0 amide bonds. The van der Waals surface area contributed by atoms with Crippen LogP contribution in [0.4, 0.5) is 13.2 Å². The summed E-state index contributed by atoms with van der Waals surface area (Å²) in [7, 11) is -0.404. The second-order valence-electron chi connectivity index (χ2n) is 10.3. The topological polar surface area (TPSA) is 66.5 Å². The van der Waals surface area contributed by atoms with Gasteiger partial charge < -0.3 is 19.8 Å². The average Bonchev–Trinajstić information content (AvgIpc) is 3.43. The summed E-state index contributed by atoms with van der Waals surface area (Å²) in [4.78, 5) is 18.5. The number of aromatic nitrogens is 1. The number of carbonyl (C=O) groups is 1. The fourth-order valence-corrected chi connectivity index (χ4v) is 5.90. The molecule has 4 aromatic rings. The maximum atomic E-state index is 15.3. The lowest BCUT2D eigenvalue weighted by molar-refractivity contribution is -0.107. The number of hydrogen-bond acceptors (Lipinski definition) is 3. The summed E-state index contributed by atoms with van der Waals surface area (Å²) >= 11 is 0. The van der Waals surface area contributed by atoms with E-state index in [-0.39, 0.29) is 55.0 Å². The van der Waals surface area contributed by atoms with E-state index in [9.17, 15) is 4.79 Å². The van der Waals surface area contributed by atoms with Gasteiger partial charge in [0.1, 0.15) is 29.5 Å². The van der Waals surface area contributed by atoms with Crippen LogP contribution in [0.1, 0.15) is 55.4 Å². The number of aryl methyl sites for hydroxylation is 1. The molecule has 1 heterocycles. The van der Waals surface area contributed by atoms with Crippen molar-refractivity contribution in [2.75, 3.05) is 19.9 Å². The number of hydrogen-bond donors (Lipinski definition) is 2. The van der Waals surface area contributed by atoms with Crippen molar-refractivity contribution in [2.45, 2.75) is 45.7 Å². The zero-order chi connectivity index (χ0) is 30.2. The van der Waals surface area contributed by atoms with E-state index in [1.165, 1.54) is 30.5 Å². The third-order valence-corrected chi connectivity index (χ3v) is 7.98. The lowest BCUT2D eigenvalue weighted by atomic mass is 9.93. The number of nitrogens with zero attached hydrogens (tertiary/aromatic N) is 1. The molecule has 3 aromatic carbocycles. The number of amidine groups is 1. The molecule has 0 fully saturated rings. The highest BCUT2D eigenvalue weighted by Crippen LogP contribution is 2.41. The van der Waals surface area contributed by atoms with Crippen molar-refractivity contribution in [3.8, 4) is 11.5 Å². The Labute approximate surface area is 253 Å². The van der Waals surface area contributed by atoms with Gasteiger partial charge in [0.25, 0.3) is 0 Å². The van der Waals surface area contributed by atoms with Crippen LogP contribution >= 0.6 is 7.92 Å². The van der Waals surface area contributed by atoms with Crippen molar-refractivity contribution >= 4 is 30.9 Å². The SMILES string of the molecule is C.C=CNC(=NCC(CC)c1cccc(CCC=O)c1F)c1cc(Oc2c(F)cc3[nH]ccc3c2CP(C)C)ccc1F. The molecule has 1 unspecified atom stereocenters. The van der Waals surface area contributed by atoms with Gasteiger partial charge in [-0.15, -0.1) is 7.92 Å². The van der Waals surface area contributed by atoms with Crippen LogP contribution < -0.4 is 10.1 Å². The number of aliphatic imine (C=N–C) groups is 1. The zero-order valence-corrected chi connectivity index (χ0v) is 24.9. The van der Waals surface area contributed by atoms with Crippen LogP contribution in [0.5, 0.6) is 11.5 Å². The molecule has 228 valence electrons. The summed E-state index contributed by atoms with van der Waals surface area (Å²) in [5, 5.41) is 3.78. The molecular weight excluding hydrogens is 570 g/mol. The lowest BCUT2D eigenvalue weighted by Crippen LogP contribution is -2.21. The zero-order valence-electron chi connectivity index (χ0n) is 24.0. The lowest BCUT2D eigenvalue weighted by Gasteiger charge is -2.18. The third-order valence-electron chi connectivity index (χ3n) is 7.03. The maximum absolute atomic E-state index is 15.3. The van der Waals surface area contributed by atoms with Crippen LogP contribution in [0, 0.1) is 17.5 Å². The number of benzene rings is 3. The van der Waals surface area contributed by atoms with E-state index >= 15 is 13.2 Å². The van der Waals surface area contributed by atoms with Crippen molar-refractivity contribution in [2.24, 2.45) is 4.99 Å².